The van der Waals surface area contributed by atoms with Gasteiger partial charge in [-0.1, -0.05) is 6.92 Å². The molecule has 2 rings (SSSR count). The average molecular weight is 292 g/mol. The van der Waals surface area contributed by atoms with Crippen LogP contribution in [0.25, 0.3) is 0 Å². The van der Waals surface area contributed by atoms with Gasteiger partial charge in [-0.3, -0.25) is 9.78 Å². The molecule has 102 valence electrons. The Morgan fingerprint density at radius 1 is 1.50 bits per heavy atom. The van der Waals surface area contributed by atoms with Crippen LogP contribution in [0.5, 0.6) is 0 Å². The fraction of sp³-hybridized carbons (Fsp3) is 0.500. The number of pyridine rings is 1. The van der Waals surface area contributed by atoms with Gasteiger partial charge in [0.25, 0.3) is 0 Å². The van der Waals surface area contributed by atoms with Gasteiger partial charge in [-0.2, -0.15) is 0 Å². The van der Waals surface area contributed by atoms with Crippen molar-refractivity contribution in [1.29, 1.82) is 0 Å². The highest BCUT2D eigenvalue weighted by Crippen LogP contribution is 2.19. The van der Waals surface area contributed by atoms with Crippen molar-refractivity contribution in [3.05, 3.63) is 24.0 Å². The summed E-state index contributed by atoms with van der Waals surface area (Å²) < 4.78 is 0. The van der Waals surface area contributed by atoms with Gasteiger partial charge in [0.05, 0.1) is 11.9 Å². The summed E-state index contributed by atoms with van der Waals surface area (Å²) in [6.45, 7) is 5.83. The largest absolute Gasteiger partial charge is 0.324 e. The minimum absolute atomic E-state index is 0. The third-order valence-electron chi connectivity index (χ3n) is 3.23. The number of nitrogens with zero attached hydrogens (tertiary/aromatic N) is 1. The van der Waals surface area contributed by atoms with E-state index in [1.165, 1.54) is 0 Å². The van der Waals surface area contributed by atoms with Crippen LogP contribution in [0.3, 0.4) is 0 Å². The molecule has 0 radical (unpaired) electrons. The lowest BCUT2D eigenvalue weighted by molar-refractivity contribution is -0.121. The second-order valence-corrected chi connectivity index (χ2v) is 4.39. The quantitative estimate of drug-likeness (QED) is 0.896. The number of carbonyl (C=O) groups excluding carboxylic acids is 1. The molecule has 1 aromatic rings. The zero-order chi connectivity index (χ0) is 11.5. The first-order valence-corrected chi connectivity index (χ1v) is 5.60. The molecule has 0 aromatic carbocycles. The van der Waals surface area contributed by atoms with Crippen LogP contribution in [0.2, 0.25) is 0 Å². The van der Waals surface area contributed by atoms with E-state index in [0.717, 1.165) is 24.3 Å². The van der Waals surface area contributed by atoms with Gasteiger partial charge in [0.1, 0.15) is 0 Å². The van der Waals surface area contributed by atoms with Crippen molar-refractivity contribution in [2.75, 3.05) is 18.4 Å². The number of amides is 1. The van der Waals surface area contributed by atoms with Crippen molar-refractivity contribution in [3.63, 3.8) is 0 Å². The molecule has 4 nitrogen and oxygen atoms in total. The van der Waals surface area contributed by atoms with Crippen LogP contribution in [0.1, 0.15) is 12.5 Å². The molecule has 2 N–H and O–H groups in total. The first kappa shape index (κ1) is 17.2. The summed E-state index contributed by atoms with van der Waals surface area (Å²) in [5, 5.41) is 6.11. The monoisotopic (exact) mass is 291 g/mol. The second-order valence-electron chi connectivity index (χ2n) is 4.39. The molecule has 6 heteroatoms. The molecule has 0 bridgehead atoms. The highest BCUT2D eigenvalue weighted by atomic mass is 35.5. The number of rotatable bonds is 3. The number of aromatic nitrogens is 1. The summed E-state index contributed by atoms with van der Waals surface area (Å²) in [6.07, 6.45) is 3.42. The zero-order valence-electron chi connectivity index (χ0n) is 10.5. The van der Waals surface area contributed by atoms with Crippen LogP contribution in [0.4, 0.5) is 5.69 Å². The van der Waals surface area contributed by atoms with E-state index in [4.69, 9.17) is 0 Å². The van der Waals surface area contributed by atoms with Crippen LogP contribution in [0.15, 0.2) is 18.5 Å². The number of carbonyl (C=O) groups is 1. The van der Waals surface area contributed by atoms with E-state index in [0.29, 0.717) is 5.92 Å². The molecule has 1 aromatic heterocycles. The van der Waals surface area contributed by atoms with E-state index in [1.807, 2.05) is 19.9 Å². The molecule has 0 spiro atoms. The predicted octanol–water partition coefficient (Wildman–Crippen LogP) is 2.03. The Morgan fingerprint density at radius 2 is 2.17 bits per heavy atom. The Kier molecular flexibility index (Phi) is 7.21. The van der Waals surface area contributed by atoms with Crippen LogP contribution in [0, 0.1) is 18.8 Å². The molecular weight excluding hydrogens is 273 g/mol. The van der Waals surface area contributed by atoms with E-state index >= 15 is 0 Å². The number of hydrogen-bond acceptors (Lipinski definition) is 3. The van der Waals surface area contributed by atoms with E-state index < -0.39 is 0 Å². The van der Waals surface area contributed by atoms with Crippen molar-refractivity contribution in [3.8, 4) is 0 Å². The Bertz CT molecular complexity index is 397. The first-order valence-electron chi connectivity index (χ1n) is 5.60. The average Bonchev–Trinajstić information content (AvgIpc) is 2.18. The van der Waals surface area contributed by atoms with Crippen molar-refractivity contribution < 1.29 is 4.79 Å². The van der Waals surface area contributed by atoms with Gasteiger partial charge >= 0.3 is 0 Å². The fourth-order valence-corrected chi connectivity index (χ4v) is 1.72. The van der Waals surface area contributed by atoms with Gasteiger partial charge in [-0.05, 0) is 37.6 Å². The lowest BCUT2D eigenvalue weighted by Crippen LogP contribution is -2.48. The van der Waals surface area contributed by atoms with E-state index in [2.05, 4.69) is 15.6 Å². The normalized spacial score (nSPS) is 15.7. The van der Waals surface area contributed by atoms with Crippen LogP contribution in [-0.4, -0.2) is 24.0 Å². The SMILES string of the molecule is Cc1ccncc1NC(=O)C(C)C1CNC1.Cl.Cl. The molecule has 1 fully saturated rings. The van der Waals surface area contributed by atoms with Crippen molar-refractivity contribution in [2.24, 2.45) is 11.8 Å². The maximum atomic E-state index is 11.9. The molecule has 1 saturated heterocycles. The summed E-state index contributed by atoms with van der Waals surface area (Å²) in [5.74, 6) is 0.612. The Morgan fingerprint density at radius 3 is 2.67 bits per heavy atom. The third-order valence-corrected chi connectivity index (χ3v) is 3.23. The number of nitrogens with one attached hydrogen (secondary N) is 2. The van der Waals surface area contributed by atoms with Gasteiger partial charge in [-0.15, -0.1) is 24.8 Å². The van der Waals surface area contributed by atoms with Gasteiger partial charge in [-0.25, -0.2) is 0 Å². The minimum Gasteiger partial charge on any atom is -0.324 e. The van der Waals surface area contributed by atoms with E-state index in [9.17, 15) is 4.79 Å². The molecule has 0 aliphatic carbocycles. The maximum absolute atomic E-state index is 11.9. The molecule has 1 atom stereocenters. The third kappa shape index (κ3) is 3.83. The van der Waals surface area contributed by atoms with Gasteiger partial charge in [0.15, 0.2) is 0 Å². The van der Waals surface area contributed by atoms with Crippen molar-refractivity contribution in [2.45, 2.75) is 13.8 Å². The molecule has 1 aliphatic rings. The Labute approximate surface area is 120 Å². The van der Waals surface area contributed by atoms with Crippen molar-refractivity contribution in [1.82, 2.24) is 10.3 Å². The molecule has 1 aliphatic heterocycles. The summed E-state index contributed by atoms with van der Waals surface area (Å²) in [7, 11) is 0. The Balaban J connectivity index is 0.00000144. The molecule has 18 heavy (non-hydrogen) atoms. The lowest BCUT2D eigenvalue weighted by atomic mass is 9.88. The lowest BCUT2D eigenvalue weighted by Gasteiger charge is -2.31. The number of aryl methyl sites for hydroxylation is 1. The number of hydrogen-bond donors (Lipinski definition) is 2. The van der Waals surface area contributed by atoms with Gasteiger partial charge in [0.2, 0.25) is 5.91 Å². The molecule has 0 saturated carbocycles. The van der Waals surface area contributed by atoms with Crippen molar-refractivity contribution >= 4 is 36.4 Å². The highest BCUT2D eigenvalue weighted by molar-refractivity contribution is 5.93. The Hall–Kier alpha value is -0.840. The molecule has 2 heterocycles. The smallest absolute Gasteiger partial charge is 0.227 e. The predicted molar refractivity (Wildman–Crippen MR) is 77.6 cm³/mol. The first-order chi connectivity index (χ1) is 7.68. The standard InChI is InChI=1S/C12H17N3O.2ClH/c1-8-3-4-13-7-11(8)15-12(16)9(2)10-5-14-6-10;;/h3-4,7,9-10,14H,5-6H2,1-2H3,(H,15,16);2*1H. The minimum atomic E-state index is 0. The summed E-state index contributed by atoms with van der Waals surface area (Å²) in [4.78, 5) is 15.9. The summed E-state index contributed by atoms with van der Waals surface area (Å²) >= 11 is 0. The van der Waals surface area contributed by atoms with Gasteiger partial charge in [0, 0.05) is 12.1 Å². The van der Waals surface area contributed by atoms with E-state index in [1.54, 1.807) is 12.4 Å². The van der Waals surface area contributed by atoms with Crippen LogP contribution >= 0.6 is 24.8 Å². The highest BCUT2D eigenvalue weighted by Gasteiger charge is 2.28. The summed E-state index contributed by atoms with van der Waals surface area (Å²) in [5.41, 5.74) is 1.86. The van der Waals surface area contributed by atoms with E-state index in [-0.39, 0.29) is 36.6 Å². The zero-order valence-corrected chi connectivity index (χ0v) is 12.1. The number of halogens is 2. The topological polar surface area (TPSA) is 54.0 Å². The summed E-state index contributed by atoms with van der Waals surface area (Å²) in [6, 6.07) is 1.89. The second kappa shape index (κ2) is 7.56. The number of anilines is 1. The molecule has 1 unspecified atom stereocenters. The molecule has 1 amide bonds. The molecular formula is C12H19Cl2N3O. The van der Waals surface area contributed by atoms with Gasteiger partial charge < -0.3 is 10.6 Å². The van der Waals surface area contributed by atoms with Crippen LogP contribution < -0.4 is 10.6 Å². The fourth-order valence-electron chi connectivity index (χ4n) is 1.72. The van der Waals surface area contributed by atoms with Crippen LogP contribution in [-0.2, 0) is 4.79 Å². The maximum Gasteiger partial charge on any atom is 0.227 e.